The summed E-state index contributed by atoms with van der Waals surface area (Å²) in [6, 6.07) is 20.3. The van der Waals surface area contributed by atoms with E-state index in [1.807, 2.05) is 35.2 Å². The van der Waals surface area contributed by atoms with Crippen LogP contribution in [0.2, 0.25) is 0 Å². The summed E-state index contributed by atoms with van der Waals surface area (Å²) >= 11 is 0. The molecule has 4 nitrogen and oxygen atoms in total. The third-order valence-electron chi connectivity index (χ3n) is 5.74. The first kappa shape index (κ1) is 22.5. The molecule has 0 bridgehead atoms. The lowest BCUT2D eigenvalue weighted by Crippen LogP contribution is -2.45. The average molecular weight is 409 g/mol. The van der Waals surface area contributed by atoms with Gasteiger partial charge in [-0.05, 0) is 57.4 Å². The van der Waals surface area contributed by atoms with Crippen LogP contribution in [0.15, 0.2) is 60.7 Å². The van der Waals surface area contributed by atoms with Crippen molar-refractivity contribution in [2.24, 2.45) is 0 Å². The lowest BCUT2D eigenvalue weighted by molar-refractivity contribution is -0.0445. The quantitative estimate of drug-likeness (QED) is 0.738. The second-order valence-electron chi connectivity index (χ2n) is 8.84. The van der Waals surface area contributed by atoms with Crippen molar-refractivity contribution in [3.8, 4) is 0 Å². The van der Waals surface area contributed by atoms with Crippen LogP contribution >= 0.6 is 0 Å². The smallest absolute Gasteiger partial charge is 0.253 e. The second kappa shape index (κ2) is 11.3. The Morgan fingerprint density at radius 3 is 2.30 bits per heavy atom. The van der Waals surface area contributed by atoms with Crippen molar-refractivity contribution in [1.82, 2.24) is 9.80 Å². The SMILES string of the molecule is CC1(C)CN(C(=O)c2ccccc2)CCCCCN(CCc2ccccc2)CCO1. The normalized spacial score (nSPS) is 18.9. The Hall–Kier alpha value is -2.17. The Morgan fingerprint density at radius 2 is 1.57 bits per heavy atom. The Morgan fingerprint density at radius 1 is 0.900 bits per heavy atom. The summed E-state index contributed by atoms with van der Waals surface area (Å²) in [5, 5.41) is 0. The van der Waals surface area contributed by atoms with Crippen molar-refractivity contribution < 1.29 is 9.53 Å². The predicted octanol–water partition coefficient (Wildman–Crippen LogP) is 4.65. The summed E-state index contributed by atoms with van der Waals surface area (Å²) in [6.45, 7) is 9.36. The highest BCUT2D eigenvalue weighted by molar-refractivity contribution is 5.94. The van der Waals surface area contributed by atoms with Crippen LogP contribution in [0.4, 0.5) is 0 Å². The van der Waals surface area contributed by atoms with Crippen LogP contribution in [0.1, 0.15) is 49.0 Å². The summed E-state index contributed by atoms with van der Waals surface area (Å²) in [4.78, 5) is 17.5. The van der Waals surface area contributed by atoms with Gasteiger partial charge in [-0.1, -0.05) is 55.0 Å². The minimum atomic E-state index is -0.366. The zero-order chi connectivity index (χ0) is 21.2. The van der Waals surface area contributed by atoms with E-state index in [0.717, 1.165) is 57.4 Å². The van der Waals surface area contributed by atoms with Gasteiger partial charge in [0.2, 0.25) is 0 Å². The van der Waals surface area contributed by atoms with E-state index in [9.17, 15) is 4.79 Å². The van der Waals surface area contributed by atoms with Gasteiger partial charge in [-0.25, -0.2) is 0 Å². The summed E-state index contributed by atoms with van der Waals surface area (Å²) in [5.74, 6) is 0.105. The zero-order valence-corrected chi connectivity index (χ0v) is 18.6. The molecule has 0 atom stereocenters. The van der Waals surface area contributed by atoms with E-state index < -0.39 is 0 Å². The number of carbonyl (C=O) groups is 1. The van der Waals surface area contributed by atoms with Gasteiger partial charge < -0.3 is 14.5 Å². The molecular formula is C26H36N2O2. The fourth-order valence-corrected chi connectivity index (χ4v) is 4.05. The molecule has 0 unspecified atom stereocenters. The molecule has 1 saturated heterocycles. The van der Waals surface area contributed by atoms with Crippen LogP contribution in [0.3, 0.4) is 0 Å². The van der Waals surface area contributed by atoms with E-state index in [0.29, 0.717) is 13.2 Å². The van der Waals surface area contributed by atoms with Gasteiger partial charge in [0.15, 0.2) is 0 Å². The minimum Gasteiger partial charge on any atom is -0.372 e. The van der Waals surface area contributed by atoms with Gasteiger partial charge in [0.1, 0.15) is 0 Å². The Balaban J connectivity index is 1.58. The van der Waals surface area contributed by atoms with Crippen molar-refractivity contribution in [3.63, 3.8) is 0 Å². The van der Waals surface area contributed by atoms with Crippen molar-refractivity contribution in [3.05, 3.63) is 71.8 Å². The first-order chi connectivity index (χ1) is 14.5. The molecule has 0 spiro atoms. The molecule has 162 valence electrons. The number of carbonyl (C=O) groups excluding carboxylic acids is 1. The maximum atomic E-state index is 13.0. The van der Waals surface area contributed by atoms with Crippen LogP contribution < -0.4 is 0 Å². The lowest BCUT2D eigenvalue weighted by Gasteiger charge is -2.34. The van der Waals surface area contributed by atoms with Gasteiger partial charge in [0.25, 0.3) is 5.91 Å². The van der Waals surface area contributed by atoms with Crippen LogP contribution in [-0.4, -0.2) is 60.6 Å². The van der Waals surface area contributed by atoms with Gasteiger partial charge in [-0.15, -0.1) is 0 Å². The van der Waals surface area contributed by atoms with E-state index in [1.165, 1.54) is 5.56 Å². The monoisotopic (exact) mass is 408 g/mol. The highest BCUT2D eigenvalue weighted by Gasteiger charge is 2.26. The summed E-state index contributed by atoms with van der Waals surface area (Å²) in [6.07, 6.45) is 4.40. The van der Waals surface area contributed by atoms with E-state index in [-0.39, 0.29) is 11.5 Å². The summed E-state index contributed by atoms with van der Waals surface area (Å²) < 4.78 is 6.27. The highest BCUT2D eigenvalue weighted by Crippen LogP contribution is 2.17. The number of amides is 1. The Bertz CT molecular complexity index is 761. The predicted molar refractivity (Wildman–Crippen MR) is 123 cm³/mol. The molecule has 0 radical (unpaired) electrons. The molecule has 2 aromatic rings. The topological polar surface area (TPSA) is 32.8 Å². The number of hydrogen-bond acceptors (Lipinski definition) is 3. The van der Waals surface area contributed by atoms with Gasteiger partial charge in [0.05, 0.1) is 12.2 Å². The number of hydrogen-bond donors (Lipinski definition) is 0. The van der Waals surface area contributed by atoms with Crippen molar-refractivity contribution in [1.29, 1.82) is 0 Å². The molecule has 1 heterocycles. The second-order valence-corrected chi connectivity index (χ2v) is 8.84. The molecular weight excluding hydrogens is 372 g/mol. The van der Waals surface area contributed by atoms with Gasteiger partial charge in [0, 0.05) is 31.7 Å². The molecule has 4 heteroatoms. The molecule has 2 aromatic carbocycles. The molecule has 30 heavy (non-hydrogen) atoms. The molecule has 1 aliphatic heterocycles. The largest absolute Gasteiger partial charge is 0.372 e. The Labute approximate surface area is 181 Å². The zero-order valence-electron chi connectivity index (χ0n) is 18.6. The summed E-state index contributed by atoms with van der Waals surface area (Å²) in [7, 11) is 0. The number of nitrogens with zero attached hydrogens (tertiary/aromatic N) is 2. The first-order valence-corrected chi connectivity index (χ1v) is 11.3. The van der Waals surface area contributed by atoms with Crippen LogP contribution in [0.25, 0.3) is 0 Å². The van der Waals surface area contributed by atoms with E-state index in [2.05, 4.69) is 49.1 Å². The third kappa shape index (κ3) is 7.26. The molecule has 1 fully saturated rings. The minimum absolute atomic E-state index is 0.105. The van der Waals surface area contributed by atoms with Crippen LogP contribution in [0, 0.1) is 0 Å². The first-order valence-electron chi connectivity index (χ1n) is 11.3. The molecule has 0 aliphatic carbocycles. The maximum absolute atomic E-state index is 13.0. The molecule has 1 amide bonds. The Kier molecular flexibility index (Phi) is 8.47. The molecule has 0 N–H and O–H groups in total. The number of benzene rings is 2. The van der Waals surface area contributed by atoms with Crippen LogP contribution in [-0.2, 0) is 11.2 Å². The standard InChI is InChI=1S/C26H36N2O2/c1-26(2)22-28(25(29)24-14-8-4-9-15-24)18-11-5-10-17-27(20-21-30-26)19-16-23-12-6-3-7-13-23/h3-4,6-9,12-15H,5,10-11,16-22H2,1-2H3. The third-order valence-corrected chi connectivity index (χ3v) is 5.74. The van der Waals surface area contributed by atoms with E-state index in [1.54, 1.807) is 0 Å². The highest BCUT2D eigenvalue weighted by atomic mass is 16.5. The fraction of sp³-hybridized carbons (Fsp3) is 0.500. The van der Waals surface area contributed by atoms with Crippen molar-refractivity contribution in [2.75, 3.05) is 39.3 Å². The van der Waals surface area contributed by atoms with Crippen molar-refractivity contribution >= 4 is 5.91 Å². The fourth-order valence-electron chi connectivity index (χ4n) is 4.05. The van der Waals surface area contributed by atoms with Crippen molar-refractivity contribution in [2.45, 2.75) is 45.1 Å². The lowest BCUT2D eigenvalue weighted by atomic mass is 10.1. The maximum Gasteiger partial charge on any atom is 0.253 e. The van der Waals surface area contributed by atoms with Crippen LogP contribution in [0.5, 0.6) is 0 Å². The number of rotatable bonds is 4. The molecule has 0 aromatic heterocycles. The van der Waals surface area contributed by atoms with Gasteiger partial charge in [-0.2, -0.15) is 0 Å². The van der Waals surface area contributed by atoms with Gasteiger partial charge in [-0.3, -0.25) is 4.79 Å². The van der Waals surface area contributed by atoms with E-state index in [4.69, 9.17) is 4.74 Å². The van der Waals surface area contributed by atoms with Gasteiger partial charge >= 0.3 is 0 Å². The molecule has 3 rings (SSSR count). The molecule has 0 saturated carbocycles. The number of ether oxygens (including phenoxy) is 1. The summed E-state index contributed by atoms with van der Waals surface area (Å²) in [5.41, 5.74) is 1.78. The molecule has 1 aliphatic rings. The van der Waals surface area contributed by atoms with E-state index >= 15 is 0 Å². The average Bonchev–Trinajstić information content (AvgIpc) is 2.75.